The third-order valence-electron chi connectivity index (χ3n) is 2.00. The number of nitrogens with zero attached hydrogens (tertiary/aromatic N) is 4. The van der Waals surface area contributed by atoms with Crippen LogP contribution < -0.4 is 4.74 Å². The average Bonchev–Trinajstić information content (AvgIpc) is 2.57. The highest BCUT2D eigenvalue weighted by Gasteiger charge is 2.11. The van der Waals surface area contributed by atoms with Gasteiger partial charge < -0.3 is 9.84 Å². The summed E-state index contributed by atoms with van der Waals surface area (Å²) in [7, 11) is 1.75. The molecule has 0 amide bonds. The van der Waals surface area contributed by atoms with E-state index in [-0.39, 0.29) is 5.88 Å². The predicted molar refractivity (Wildman–Crippen MR) is 54.2 cm³/mol. The molecule has 7 nitrogen and oxygen atoms in total. The van der Waals surface area contributed by atoms with Crippen molar-refractivity contribution in [3.63, 3.8) is 0 Å². The number of carbonyl (C=O) groups is 1. The summed E-state index contributed by atoms with van der Waals surface area (Å²) >= 11 is 0. The van der Waals surface area contributed by atoms with E-state index < -0.39 is 12.6 Å². The highest BCUT2D eigenvalue weighted by atomic mass is 16.5. The van der Waals surface area contributed by atoms with E-state index in [9.17, 15) is 4.79 Å². The van der Waals surface area contributed by atoms with Gasteiger partial charge in [0.05, 0.1) is 6.20 Å². The van der Waals surface area contributed by atoms with E-state index in [2.05, 4.69) is 15.1 Å². The number of hydrogen-bond acceptors (Lipinski definition) is 5. The summed E-state index contributed by atoms with van der Waals surface area (Å²) in [6.45, 7) is 1.28. The molecule has 0 saturated heterocycles. The molecule has 0 spiro atoms. The van der Waals surface area contributed by atoms with E-state index in [1.54, 1.807) is 24.9 Å². The standard InChI is InChI=1S/C9H10N4O3/c1-5-11-8-6(3-10-13(8)2)9(12-5)16-4-7(14)15/h3H,4H2,1-2H3,(H,14,15). The minimum Gasteiger partial charge on any atom is -0.479 e. The number of fused-ring (bicyclic) bond motifs is 1. The first kappa shape index (κ1) is 10.3. The van der Waals surface area contributed by atoms with Crippen molar-refractivity contribution in [3.05, 3.63) is 12.0 Å². The molecule has 16 heavy (non-hydrogen) atoms. The van der Waals surface area contributed by atoms with Crippen LogP contribution in [0.25, 0.3) is 11.0 Å². The number of aliphatic carboxylic acids is 1. The lowest BCUT2D eigenvalue weighted by atomic mass is 10.4. The fraction of sp³-hybridized carbons (Fsp3) is 0.333. The van der Waals surface area contributed by atoms with Gasteiger partial charge in [-0.2, -0.15) is 10.1 Å². The zero-order chi connectivity index (χ0) is 11.7. The van der Waals surface area contributed by atoms with Crippen molar-refractivity contribution in [3.8, 4) is 5.88 Å². The van der Waals surface area contributed by atoms with E-state index in [0.29, 0.717) is 16.9 Å². The highest BCUT2D eigenvalue weighted by Crippen LogP contribution is 2.21. The van der Waals surface area contributed by atoms with Crippen LogP contribution in [0.4, 0.5) is 0 Å². The van der Waals surface area contributed by atoms with E-state index in [1.165, 1.54) is 0 Å². The summed E-state index contributed by atoms with van der Waals surface area (Å²) < 4.78 is 6.65. The Morgan fingerprint density at radius 2 is 2.31 bits per heavy atom. The molecule has 0 fully saturated rings. The SMILES string of the molecule is Cc1nc(OCC(=O)O)c2cnn(C)c2n1. The summed E-state index contributed by atoms with van der Waals surface area (Å²) in [6, 6.07) is 0. The lowest BCUT2D eigenvalue weighted by Crippen LogP contribution is -2.11. The van der Waals surface area contributed by atoms with Crippen molar-refractivity contribution in [1.29, 1.82) is 0 Å². The smallest absolute Gasteiger partial charge is 0.341 e. The molecule has 2 rings (SSSR count). The number of hydrogen-bond donors (Lipinski definition) is 1. The van der Waals surface area contributed by atoms with E-state index >= 15 is 0 Å². The van der Waals surface area contributed by atoms with Gasteiger partial charge in [-0.15, -0.1) is 0 Å². The molecule has 1 N–H and O–H groups in total. The Kier molecular flexibility index (Phi) is 2.43. The second-order valence-electron chi connectivity index (χ2n) is 3.26. The zero-order valence-electron chi connectivity index (χ0n) is 8.84. The monoisotopic (exact) mass is 222 g/mol. The summed E-state index contributed by atoms with van der Waals surface area (Å²) in [5.74, 6) is -0.289. The fourth-order valence-electron chi connectivity index (χ4n) is 1.34. The topological polar surface area (TPSA) is 90.1 Å². The third-order valence-corrected chi connectivity index (χ3v) is 2.00. The van der Waals surface area contributed by atoms with Crippen molar-refractivity contribution in [2.24, 2.45) is 7.05 Å². The van der Waals surface area contributed by atoms with Gasteiger partial charge in [-0.25, -0.2) is 9.78 Å². The van der Waals surface area contributed by atoms with Crippen molar-refractivity contribution < 1.29 is 14.6 Å². The molecule has 0 saturated carbocycles. The van der Waals surface area contributed by atoms with Crippen LogP contribution in [-0.4, -0.2) is 37.4 Å². The minimum absolute atomic E-state index is 0.248. The first-order valence-corrected chi connectivity index (χ1v) is 4.59. The number of carboxylic acid groups (broad SMARTS) is 1. The maximum Gasteiger partial charge on any atom is 0.341 e. The van der Waals surface area contributed by atoms with Crippen LogP contribution in [0, 0.1) is 6.92 Å². The molecule has 0 aliphatic rings. The Balaban J connectivity index is 2.46. The molecule has 2 aromatic heterocycles. The Morgan fingerprint density at radius 3 is 3.00 bits per heavy atom. The Bertz CT molecular complexity index is 549. The lowest BCUT2D eigenvalue weighted by molar-refractivity contribution is -0.139. The van der Waals surface area contributed by atoms with Crippen LogP contribution in [0.5, 0.6) is 5.88 Å². The number of rotatable bonds is 3. The van der Waals surface area contributed by atoms with Gasteiger partial charge in [-0.05, 0) is 6.92 Å². The van der Waals surface area contributed by atoms with E-state index in [4.69, 9.17) is 9.84 Å². The minimum atomic E-state index is -1.05. The van der Waals surface area contributed by atoms with Gasteiger partial charge in [0, 0.05) is 7.05 Å². The van der Waals surface area contributed by atoms with Crippen LogP contribution in [0.1, 0.15) is 5.82 Å². The van der Waals surface area contributed by atoms with Crippen molar-refractivity contribution >= 4 is 17.0 Å². The first-order chi connectivity index (χ1) is 7.58. The quantitative estimate of drug-likeness (QED) is 0.794. The lowest BCUT2D eigenvalue weighted by Gasteiger charge is -2.04. The van der Waals surface area contributed by atoms with Gasteiger partial charge in [-0.3, -0.25) is 4.68 Å². The maximum absolute atomic E-state index is 10.4. The van der Waals surface area contributed by atoms with E-state index in [0.717, 1.165) is 0 Å². The molecule has 0 unspecified atom stereocenters. The van der Waals surface area contributed by atoms with Gasteiger partial charge in [-0.1, -0.05) is 0 Å². The molecule has 7 heteroatoms. The summed E-state index contributed by atoms with van der Waals surface area (Å²) in [4.78, 5) is 18.6. The van der Waals surface area contributed by atoms with Crippen LogP contribution in [0.3, 0.4) is 0 Å². The van der Waals surface area contributed by atoms with Gasteiger partial charge in [0.25, 0.3) is 0 Å². The Hall–Kier alpha value is -2.18. The molecule has 2 heterocycles. The third kappa shape index (κ3) is 1.79. The number of aryl methyl sites for hydroxylation is 2. The van der Waals surface area contributed by atoms with Gasteiger partial charge in [0.1, 0.15) is 11.2 Å². The molecular weight excluding hydrogens is 212 g/mol. The number of aromatic nitrogens is 4. The Labute approximate surface area is 90.7 Å². The maximum atomic E-state index is 10.4. The normalized spacial score (nSPS) is 10.6. The van der Waals surface area contributed by atoms with Gasteiger partial charge >= 0.3 is 5.97 Å². The molecule has 84 valence electrons. The molecule has 0 aromatic carbocycles. The average molecular weight is 222 g/mol. The number of carboxylic acids is 1. The fourth-order valence-corrected chi connectivity index (χ4v) is 1.34. The zero-order valence-corrected chi connectivity index (χ0v) is 8.84. The molecule has 0 aliphatic heterocycles. The first-order valence-electron chi connectivity index (χ1n) is 4.59. The summed E-state index contributed by atoms with van der Waals surface area (Å²) in [6.07, 6.45) is 1.55. The van der Waals surface area contributed by atoms with Gasteiger partial charge in [0.15, 0.2) is 12.3 Å². The van der Waals surface area contributed by atoms with Crippen molar-refractivity contribution in [2.45, 2.75) is 6.92 Å². The second kappa shape index (κ2) is 3.76. The van der Waals surface area contributed by atoms with Gasteiger partial charge in [0.2, 0.25) is 5.88 Å². The largest absolute Gasteiger partial charge is 0.479 e. The Morgan fingerprint density at radius 1 is 1.56 bits per heavy atom. The molecule has 0 bridgehead atoms. The van der Waals surface area contributed by atoms with Crippen LogP contribution in [0.15, 0.2) is 6.20 Å². The highest BCUT2D eigenvalue weighted by molar-refractivity contribution is 5.80. The van der Waals surface area contributed by atoms with E-state index in [1.807, 2.05) is 0 Å². The molecule has 0 radical (unpaired) electrons. The second-order valence-corrected chi connectivity index (χ2v) is 3.26. The van der Waals surface area contributed by atoms with Crippen LogP contribution in [0.2, 0.25) is 0 Å². The van der Waals surface area contributed by atoms with Crippen molar-refractivity contribution in [1.82, 2.24) is 19.7 Å². The summed E-state index contributed by atoms with van der Waals surface area (Å²) in [5.41, 5.74) is 0.618. The molecule has 0 aliphatic carbocycles. The van der Waals surface area contributed by atoms with Crippen molar-refractivity contribution in [2.75, 3.05) is 6.61 Å². The predicted octanol–water partition coefficient (Wildman–Crippen LogP) is 0.135. The molecular formula is C9H10N4O3. The summed E-state index contributed by atoms with van der Waals surface area (Å²) in [5, 5.41) is 13.1. The molecule has 0 atom stereocenters. The van der Waals surface area contributed by atoms with Crippen LogP contribution >= 0.6 is 0 Å². The van der Waals surface area contributed by atoms with Crippen LogP contribution in [-0.2, 0) is 11.8 Å². The molecule has 2 aromatic rings. The number of ether oxygens (including phenoxy) is 1.